The first kappa shape index (κ1) is 21.1. The van der Waals surface area contributed by atoms with Crippen LogP contribution in [0.25, 0.3) is 0 Å². The Labute approximate surface area is 141 Å². The Morgan fingerprint density at radius 1 is 0.947 bits per heavy atom. The third-order valence-electron chi connectivity index (χ3n) is 2.85. The van der Waals surface area contributed by atoms with E-state index in [1.165, 1.54) is 0 Å². The summed E-state index contributed by atoms with van der Waals surface area (Å²) in [6, 6.07) is 3.56. The molecule has 0 aliphatic carbocycles. The zero-order chi connectivity index (χ0) is 13.4. The van der Waals surface area contributed by atoms with E-state index in [0.29, 0.717) is 5.56 Å². The van der Waals surface area contributed by atoms with Crippen LogP contribution < -0.4 is 24.0 Å². The van der Waals surface area contributed by atoms with Crippen molar-refractivity contribution >= 4 is 18.9 Å². The molecular formula is C16H20Li2O. The van der Waals surface area contributed by atoms with Gasteiger partial charge in [-0.15, -0.1) is 5.75 Å². The van der Waals surface area contributed by atoms with Crippen molar-refractivity contribution in [1.82, 2.24) is 0 Å². The molecule has 1 aromatic rings. The van der Waals surface area contributed by atoms with Gasteiger partial charge in [0.15, 0.2) is 0 Å². The number of hydrogen-bond donors (Lipinski definition) is 0. The maximum absolute atomic E-state index is 12.4. The normalized spacial score (nSPS) is 11.0. The van der Waals surface area contributed by atoms with Gasteiger partial charge >= 0.3 is 18.9 Å². The topological polar surface area (TPSA) is 23.1 Å². The first-order valence-corrected chi connectivity index (χ1v) is 5.86. The minimum Gasteiger partial charge on any atom is -0.872 e. The molecule has 1 rings (SSSR count). The van der Waals surface area contributed by atoms with E-state index >= 15 is 0 Å². The first-order chi connectivity index (χ1) is 7.57. The van der Waals surface area contributed by atoms with Crippen LogP contribution in [0.4, 0.5) is 0 Å². The fourth-order valence-electron chi connectivity index (χ4n) is 1.82. The smallest absolute Gasteiger partial charge is 0.872 e. The molecule has 2 radical (unpaired) electrons. The van der Waals surface area contributed by atoms with E-state index in [2.05, 4.69) is 5.92 Å². The van der Waals surface area contributed by atoms with Crippen molar-refractivity contribution in [3.05, 3.63) is 35.2 Å². The molecular weight excluding hydrogens is 222 g/mol. The average Bonchev–Trinajstić information content (AvgIpc) is 2.14. The van der Waals surface area contributed by atoms with Crippen LogP contribution in [0.15, 0.2) is 12.1 Å². The van der Waals surface area contributed by atoms with Crippen molar-refractivity contribution in [3.8, 4) is 11.7 Å². The maximum atomic E-state index is 12.4. The monoisotopic (exact) mass is 242 g/mol. The molecule has 0 aliphatic rings. The second-order valence-corrected chi connectivity index (χ2v) is 6.53. The molecule has 1 aromatic carbocycles. The van der Waals surface area contributed by atoms with E-state index in [4.69, 9.17) is 6.42 Å². The molecule has 0 spiro atoms. The van der Waals surface area contributed by atoms with Gasteiger partial charge in [-0.3, -0.25) is 0 Å². The van der Waals surface area contributed by atoms with Crippen molar-refractivity contribution in [1.29, 1.82) is 0 Å². The number of rotatable bonds is 0. The predicted octanol–water partition coefficient (Wildman–Crippen LogP) is -0.0837. The minimum atomic E-state index is -0.204. The minimum absolute atomic E-state index is 0. The predicted molar refractivity (Wildman–Crippen MR) is 75.3 cm³/mol. The summed E-state index contributed by atoms with van der Waals surface area (Å²) in [5, 5.41) is 12.4. The summed E-state index contributed by atoms with van der Waals surface area (Å²) in [5.41, 5.74) is 1.80. The number of benzene rings is 1. The molecule has 0 heterocycles. The second kappa shape index (κ2) is 6.98. The number of hydrogen-bond acceptors (Lipinski definition) is 1. The third kappa shape index (κ3) is 4.99. The van der Waals surface area contributed by atoms with Crippen LogP contribution in [0.2, 0.25) is 0 Å². The second-order valence-electron chi connectivity index (χ2n) is 6.53. The molecule has 0 aliphatic heterocycles. The molecule has 3 heteroatoms. The summed E-state index contributed by atoms with van der Waals surface area (Å²) in [5.74, 6) is 2.49. The first-order valence-electron chi connectivity index (χ1n) is 5.86. The Hall–Kier alpha value is -0.225. The van der Waals surface area contributed by atoms with E-state index in [-0.39, 0.29) is 54.3 Å². The molecule has 0 fully saturated rings. The summed E-state index contributed by atoms with van der Waals surface area (Å²) >= 11 is 0. The van der Waals surface area contributed by atoms with E-state index in [1.54, 1.807) is 12.1 Å². The van der Waals surface area contributed by atoms with Crippen LogP contribution in [0.3, 0.4) is 0 Å². The van der Waals surface area contributed by atoms with E-state index in [9.17, 15) is 5.11 Å². The van der Waals surface area contributed by atoms with Gasteiger partial charge in [0.1, 0.15) is 0 Å². The van der Waals surface area contributed by atoms with E-state index in [1.807, 2.05) is 41.5 Å². The Morgan fingerprint density at radius 3 is 1.47 bits per heavy atom. The van der Waals surface area contributed by atoms with Crippen LogP contribution >= 0.6 is 0 Å². The Bertz CT molecular complexity index is 436. The van der Waals surface area contributed by atoms with E-state index in [0.717, 1.165) is 11.1 Å². The average molecular weight is 242 g/mol. The van der Waals surface area contributed by atoms with Gasteiger partial charge in [0.25, 0.3) is 0 Å². The summed E-state index contributed by atoms with van der Waals surface area (Å²) in [7, 11) is 0. The van der Waals surface area contributed by atoms with Gasteiger partial charge in [-0.25, -0.2) is 0 Å². The molecule has 0 amide bonds. The third-order valence-corrected chi connectivity index (χ3v) is 2.85. The van der Waals surface area contributed by atoms with Gasteiger partial charge in [0, 0.05) is 24.4 Å². The summed E-state index contributed by atoms with van der Waals surface area (Å²) in [6.07, 6.45) is 7.26. The summed E-state index contributed by atoms with van der Waals surface area (Å²) < 4.78 is 0. The van der Waals surface area contributed by atoms with Crippen LogP contribution in [-0.4, -0.2) is 18.9 Å². The summed E-state index contributed by atoms with van der Waals surface area (Å²) in [6.45, 7) is 12.1. The van der Waals surface area contributed by atoms with Gasteiger partial charge in [-0.2, -0.15) is 0 Å². The quantitative estimate of drug-likeness (QED) is 0.461. The molecule has 0 saturated carbocycles. The van der Waals surface area contributed by atoms with Crippen LogP contribution in [-0.2, 0) is 10.8 Å². The van der Waals surface area contributed by atoms with Gasteiger partial charge in [0.2, 0.25) is 0 Å². The molecule has 0 bridgehead atoms. The van der Waals surface area contributed by atoms with E-state index < -0.39 is 0 Å². The molecule has 92 valence electrons. The zero-order valence-corrected chi connectivity index (χ0v) is 13.6. The molecule has 1 nitrogen and oxygen atoms in total. The fourth-order valence-corrected chi connectivity index (χ4v) is 1.82. The van der Waals surface area contributed by atoms with Gasteiger partial charge < -0.3 is 5.11 Å². The van der Waals surface area contributed by atoms with Crippen molar-refractivity contribution < 1.29 is 24.0 Å². The van der Waals surface area contributed by atoms with Gasteiger partial charge in [-0.05, 0) is 40.5 Å². The molecule has 0 aromatic heterocycles. The standard InChI is InChI=1S/C16H21O.2Li/c1-8-11-9-12(15(2,3)4)14(17)13(10-11)16(5,6)7;;/h9-10,17H,2-7H3;;/q;;+1/p-1. The molecule has 0 saturated heterocycles. The molecule has 0 unspecified atom stereocenters. The Morgan fingerprint density at radius 2 is 1.26 bits per heavy atom. The largest absolute Gasteiger partial charge is 1.00 e. The van der Waals surface area contributed by atoms with Gasteiger partial charge in [-0.1, -0.05) is 47.5 Å². The SMILES string of the molecule is [C]#Cc1cc(C(C)(C)C)c([O-])c(C(C)(C)C)c1.[Li+].[Li]. The fraction of sp³-hybridized carbons (Fsp3) is 0.500. The van der Waals surface area contributed by atoms with Crippen molar-refractivity contribution in [2.45, 2.75) is 52.4 Å². The van der Waals surface area contributed by atoms with Crippen molar-refractivity contribution in [2.75, 3.05) is 0 Å². The zero-order valence-electron chi connectivity index (χ0n) is 13.6. The van der Waals surface area contributed by atoms with Crippen LogP contribution in [0, 0.1) is 12.3 Å². The summed E-state index contributed by atoms with van der Waals surface area (Å²) in [4.78, 5) is 0. The molecule has 19 heavy (non-hydrogen) atoms. The van der Waals surface area contributed by atoms with Crippen LogP contribution in [0.1, 0.15) is 58.2 Å². The Balaban J connectivity index is 0. The van der Waals surface area contributed by atoms with Crippen LogP contribution in [0.5, 0.6) is 5.75 Å². The van der Waals surface area contributed by atoms with Gasteiger partial charge in [0.05, 0.1) is 0 Å². The molecule has 0 atom stereocenters. The van der Waals surface area contributed by atoms with Crippen molar-refractivity contribution in [2.24, 2.45) is 0 Å². The Kier molecular flexibility index (Phi) is 7.74. The van der Waals surface area contributed by atoms with Crippen molar-refractivity contribution in [3.63, 3.8) is 0 Å². The molecule has 0 N–H and O–H groups in total. The maximum Gasteiger partial charge on any atom is 1.00 e.